The zero-order valence-electron chi connectivity index (χ0n) is 11.7. The second-order valence-corrected chi connectivity index (χ2v) is 5.63. The van der Waals surface area contributed by atoms with Gasteiger partial charge < -0.3 is 10.1 Å². The molecule has 4 nitrogen and oxygen atoms in total. The Labute approximate surface area is 123 Å². The third-order valence-electron chi connectivity index (χ3n) is 3.10. The van der Waals surface area contributed by atoms with Gasteiger partial charge in [-0.3, -0.25) is 0 Å². The van der Waals surface area contributed by atoms with Crippen LogP contribution >= 0.6 is 15.9 Å². The summed E-state index contributed by atoms with van der Waals surface area (Å²) in [7, 11) is 0. The van der Waals surface area contributed by atoms with Crippen LogP contribution in [0.15, 0.2) is 4.47 Å². The molecule has 1 aromatic rings. The lowest BCUT2D eigenvalue weighted by atomic mass is 10.2. The Kier molecular flexibility index (Phi) is 5.58. The SMILES string of the molecule is CCCNc1nc(CCOCC)nc(C2CC2)c1Br. The summed E-state index contributed by atoms with van der Waals surface area (Å²) in [5, 5.41) is 3.38. The first-order chi connectivity index (χ1) is 9.26. The average molecular weight is 328 g/mol. The Morgan fingerprint density at radius 1 is 1.32 bits per heavy atom. The molecular formula is C14H22BrN3O. The van der Waals surface area contributed by atoms with E-state index in [9.17, 15) is 0 Å². The van der Waals surface area contributed by atoms with Gasteiger partial charge in [-0.05, 0) is 42.1 Å². The van der Waals surface area contributed by atoms with Crippen molar-refractivity contribution in [1.82, 2.24) is 9.97 Å². The lowest BCUT2D eigenvalue weighted by Crippen LogP contribution is -2.10. The van der Waals surface area contributed by atoms with E-state index in [1.165, 1.54) is 18.5 Å². The fourth-order valence-corrected chi connectivity index (χ4v) is 2.56. The van der Waals surface area contributed by atoms with Gasteiger partial charge in [0.1, 0.15) is 11.6 Å². The molecule has 5 heteroatoms. The molecule has 0 spiro atoms. The zero-order valence-corrected chi connectivity index (χ0v) is 13.3. The largest absolute Gasteiger partial charge is 0.381 e. The van der Waals surface area contributed by atoms with Crippen LogP contribution in [0, 0.1) is 0 Å². The Bertz CT molecular complexity index is 421. The Balaban J connectivity index is 2.15. The minimum absolute atomic E-state index is 0.616. The molecule has 2 rings (SSSR count). The first-order valence-corrected chi connectivity index (χ1v) is 7.93. The van der Waals surface area contributed by atoms with Crippen LogP contribution in [0.3, 0.4) is 0 Å². The van der Waals surface area contributed by atoms with Crippen LogP contribution in [0.5, 0.6) is 0 Å². The summed E-state index contributed by atoms with van der Waals surface area (Å²) in [6.07, 6.45) is 4.35. The number of anilines is 1. The number of nitrogens with zero attached hydrogens (tertiary/aromatic N) is 2. The van der Waals surface area contributed by atoms with Gasteiger partial charge in [0.2, 0.25) is 0 Å². The van der Waals surface area contributed by atoms with Crippen molar-refractivity contribution in [2.45, 2.75) is 45.4 Å². The van der Waals surface area contributed by atoms with Crippen molar-refractivity contribution in [3.05, 3.63) is 16.0 Å². The minimum atomic E-state index is 0.616. The van der Waals surface area contributed by atoms with Crippen LogP contribution in [0.4, 0.5) is 5.82 Å². The molecule has 1 aliphatic carbocycles. The van der Waals surface area contributed by atoms with Gasteiger partial charge in [-0.1, -0.05) is 6.92 Å². The number of ether oxygens (including phenoxy) is 1. The molecule has 0 aliphatic heterocycles. The highest BCUT2D eigenvalue weighted by molar-refractivity contribution is 9.10. The summed E-state index contributed by atoms with van der Waals surface area (Å²) in [6, 6.07) is 0. The predicted octanol–water partition coefficient (Wildman–Crippen LogP) is 3.52. The number of hydrogen-bond acceptors (Lipinski definition) is 4. The number of rotatable bonds is 8. The van der Waals surface area contributed by atoms with Crippen molar-refractivity contribution in [3.63, 3.8) is 0 Å². The van der Waals surface area contributed by atoms with Gasteiger partial charge in [-0.15, -0.1) is 0 Å². The molecule has 1 fully saturated rings. The summed E-state index contributed by atoms with van der Waals surface area (Å²) >= 11 is 3.65. The van der Waals surface area contributed by atoms with Crippen LogP contribution in [-0.4, -0.2) is 29.7 Å². The van der Waals surface area contributed by atoms with Gasteiger partial charge in [-0.25, -0.2) is 9.97 Å². The van der Waals surface area contributed by atoms with Crippen molar-refractivity contribution >= 4 is 21.7 Å². The van der Waals surface area contributed by atoms with Gasteiger partial charge in [0, 0.05) is 25.5 Å². The molecule has 0 bridgehead atoms. The number of aromatic nitrogens is 2. The molecule has 0 amide bonds. The summed E-state index contributed by atoms with van der Waals surface area (Å²) in [4.78, 5) is 9.30. The summed E-state index contributed by atoms with van der Waals surface area (Å²) < 4.78 is 6.44. The van der Waals surface area contributed by atoms with Crippen molar-refractivity contribution in [1.29, 1.82) is 0 Å². The molecule has 1 aromatic heterocycles. The molecule has 0 aromatic carbocycles. The van der Waals surface area contributed by atoms with E-state index in [1.54, 1.807) is 0 Å². The quantitative estimate of drug-likeness (QED) is 0.742. The molecule has 0 unspecified atom stereocenters. The average Bonchev–Trinajstić information content (AvgIpc) is 3.23. The molecule has 1 heterocycles. The van der Waals surface area contributed by atoms with E-state index in [4.69, 9.17) is 9.72 Å². The van der Waals surface area contributed by atoms with Crippen molar-refractivity contribution in [2.24, 2.45) is 0 Å². The third-order valence-corrected chi connectivity index (χ3v) is 3.89. The second kappa shape index (κ2) is 7.20. The fourth-order valence-electron chi connectivity index (χ4n) is 1.92. The third kappa shape index (κ3) is 4.14. The molecule has 19 heavy (non-hydrogen) atoms. The maximum atomic E-state index is 5.39. The van der Waals surface area contributed by atoms with E-state index < -0.39 is 0 Å². The lowest BCUT2D eigenvalue weighted by molar-refractivity contribution is 0.149. The Hall–Kier alpha value is -0.680. The molecular weight excluding hydrogens is 306 g/mol. The Morgan fingerprint density at radius 2 is 2.11 bits per heavy atom. The highest BCUT2D eigenvalue weighted by atomic mass is 79.9. The number of hydrogen-bond donors (Lipinski definition) is 1. The second-order valence-electron chi connectivity index (χ2n) is 4.84. The van der Waals surface area contributed by atoms with E-state index in [2.05, 4.69) is 33.2 Å². The highest BCUT2D eigenvalue weighted by Crippen LogP contribution is 2.43. The molecule has 1 aliphatic rings. The zero-order chi connectivity index (χ0) is 13.7. The smallest absolute Gasteiger partial charge is 0.144 e. The van der Waals surface area contributed by atoms with E-state index in [-0.39, 0.29) is 0 Å². The van der Waals surface area contributed by atoms with E-state index in [1.807, 2.05) is 6.92 Å². The van der Waals surface area contributed by atoms with Crippen molar-refractivity contribution < 1.29 is 4.74 Å². The molecule has 106 valence electrons. The summed E-state index contributed by atoms with van der Waals surface area (Å²) in [6.45, 7) is 6.53. The van der Waals surface area contributed by atoms with Crippen LogP contribution in [0.1, 0.15) is 50.5 Å². The van der Waals surface area contributed by atoms with Gasteiger partial charge in [0.15, 0.2) is 0 Å². The normalized spacial score (nSPS) is 14.7. The summed E-state index contributed by atoms with van der Waals surface area (Å²) in [5.74, 6) is 2.44. The molecule has 1 saturated carbocycles. The van der Waals surface area contributed by atoms with Gasteiger partial charge in [0.25, 0.3) is 0 Å². The fraction of sp³-hybridized carbons (Fsp3) is 0.714. The number of halogens is 1. The standard InChI is InChI=1S/C14H22BrN3O/c1-3-8-16-14-12(15)13(10-5-6-10)17-11(18-14)7-9-19-4-2/h10H,3-9H2,1-2H3,(H,16,17,18). The van der Waals surface area contributed by atoms with E-state index in [0.29, 0.717) is 12.5 Å². The van der Waals surface area contributed by atoms with Crippen LogP contribution in [0.2, 0.25) is 0 Å². The molecule has 0 saturated heterocycles. The van der Waals surface area contributed by atoms with E-state index >= 15 is 0 Å². The first-order valence-electron chi connectivity index (χ1n) is 7.14. The lowest BCUT2D eigenvalue weighted by Gasteiger charge is -2.12. The van der Waals surface area contributed by atoms with Crippen molar-refractivity contribution in [2.75, 3.05) is 25.1 Å². The highest BCUT2D eigenvalue weighted by Gasteiger charge is 2.29. The van der Waals surface area contributed by atoms with Gasteiger partial charge in [-0.2, -0.15) is 0 Å². The van der Waals surface area contributed by atoms with Crippen LogP contribution < -0.4 is 5.32 Å². The molecule has 1 N–H and O–H groups in total. The van der Waals surface area contributed by atoms with Crippen LogP contribution in [0.25, 0.3) is 0 Å². The Morgan fingerprint density at radius 3 is 2.74 bits per heavy atom. The molecule has 0 radical (unpaired) electrons. The van der Waals surface area contributed by atoms with Crippen molar-refractivity contribution in [3.8, 4) is 0 Å². The maximum Gasteiger partial charge on any atom is 0.144 e. The van der Waals surface area contributed by atoms with Gasteiger partial charge >= 0.3 is 0 Å². The minimum Gasteiger partial charge on any atom is -0.381 e. The number of nitrogens with one attached hydrogen (secondary N) is 1. The monoisotopic (exact) mass is 327 g/mol. The predicted molar refractivity (Wildman–Crippen MR) is 80.7 cm³/mol. The molecule has 0 atom stereocenters. The summed E-state index contributed by atoms with van der Waals surface area (Å²) in [5.41, 5.74) is 1.17. The van der Waals surface area contributed by atoms with Crippen LogP contribution in [-0.2, 0) is 11.2 Å². The maximum absolute atomic E-state index is 5.39. The van der Waals surface area contributed by atoms with Gasteiger partial charge in [0.05, 0.1) is 16.8 Å². The topological polar surface area (TPSA) is 47.0 Å². The van der Waals surface area contributed by atoms with E-state index in [0.717, 1.165) is 42.1 Å². The first kappa shape index (κ1) is 14.7.